The van der Waals surface area contributed by atoms with Gasteiger partial charge in [0, 0.05) is 17.9 Å². The zero-order valence-corrected chi connectivity index (χ0v) is 33.9. The minimum absolute atomic E-state index is 0. The molecule has 0 rings (SSSR count). The summed E-state index contributed by atoms with van der Waals surface area (Å²) in [5.41, 5.74) is 0. The quantitative estimate of drug-likeness (QED) is 0.0613. The van der Waals surface area contributed by atoms with Gasteiger partial charge in [-0.15, -0.1) is 0 Å². The molecule has 0 amide bonds. The van der Waals surface area contributed by atoms with Gasteiger partial charge in [-0.1, -0.05) is 194 Å². The van der Waals surface area contributed by atoms with Gasteiger partial charge in [-0.05, 0) is 38.5 Å². The Labute approximate surface area is 319 Å². The fourth-order valence-corrected chi connectivity index (χ4v) is 5.27. The molecule has 271 valence electrons. The molecule has 0 aromatic heterocycles. The standard InChI is InChI=1S/3C13H26O2.Ce/c3*1-2-3-4-5-6-7-8-9-10-11-12-13(14)15;/h3*2-12H2,1H3,(H,14,15);/q;;;+3/p-3. The first kappa shape index (κ1) is 52.6. The van der Waals surface area contributed by atoms with Crippen LogP contribution in [-0.4, -0.2) is 17.9 Å². The molecular weight excluding hydrogens is 705 g/mol. The maximum absolute atomic E-state index is 10.1. The Morgan fingerprint density at radius 3 is 0.543 bits per heavy atom. The fourth-order valence-electron chi connectivity index (χ4n) is 5.27. The van der Waals surface area contributed by atoms with Crippen LogP contribution in [0.4, 0.5) is 0 Å². The van der Waals surface area contributed by atoms with Gasteiger partial charge in [0.25, 0.3) is 0 Å². The second-order valence-corrected chi connectivity index (χ2v) is 12.9. The van der Waals surface area contributed by atoms with E-state index in [1.54, 1.807) is 0 Å². The van der Waals surface area contributed by atoms with Crippen LogP contribution in [-0.2, 0) is 14.4 Å². The number of carboxylic acid groups (broad SMARTS) is 3. The molecule has 0 saturated carbocycles. The number of carbonyl (C=O) groups excluding carboxylic acids is 3. The summed E-state index contributed by atoms with van der Waals surface area (Å²) in [4.78, 5) is 30.4. The first-order valence-electron chi connectivity index (χ1n) is 19.4. The summed E-state index contributed by atoms with van der Waals surface area (Å²) < 4.78 is 0. The van der Waals surface area contributed by atoms with Gasteiger partial charge in [-0.25, -0.2) is 0 Å². The summed E-state index contributed by atoms with van der Waals surface area (Å²) in [5, 5.41) is 30.4. The maximum atomic E-state index is 10.1. The Hall–Kier alpha value is -0.213. The molecule has 1 radical (unpaired) electrons. The van der Waals surface area contributed by atoms with Crippen molar-refractivity contribution < 1.29 is 71.5 Å². The van der Waals surface area contributed by atoms with E-state index < -0.39 is 17.9 Å². The number of carboxylic acids is 3. The summed E-state index contributed by atoms with van der Waals surface area (Å²) in [6, 6.07) is 0. The molecule has 0 aliphatic carbocycles. The van der Waals surface area contributed by atoms with Gasteiger partial charge in [0.1, 0.15) is 0 Å². The van der Waals surface area contributed by atoms with Crippen LogP contribution in [0.5, 0.6) is 0 Å². The van der Waals surface area contributed by atoms with Crippen LogP contribution in [0.1, 0.15) is 233 Å². The van der Waals surface area contributed by atoms with Gasteiger partial charge in [0.05, 0.1) is 0 Å². The van der Waals surface area contributed by atoms with E-state index in [9.17, 15) is 29.7 Å². The number of aliphatic carboxylic acids is 3. The van der Waals surface area contributed by atoms with E-state index in [1.807, 2.05) is 0 Å². The third kappa shape index (κ3) is 62.6. The molecule has 0 atom stereocenters. The van der Waals surface area contributed by atoms with Crippen molar-refractivity contribution in [3.63, 3.8) is 0 Å². The molecule has 0 aliphatic rings. The SMILES string of the molecule is CCCCCCCCCCCCC(=O)[O-].CCCCCCCCCCCCC(=O)[O-].CCCCCCCCCCCCC(=O)[O-].[Ce+3]. The van der Waals surface area contributed by atoms with Gasteiger partial charge in [0.15, 0.2) is 0 Å². The van der Waals surface area contributed by atoms with Crippen molar-refractivity contribution in [3.05, 3.63) is 0 Å². The average molecular weight is 780 g/mol. The van der Waals surface area contributed by atoms with Gasteiger partial charge >= 0.3 is 41.7 Å². The fraction of sp³-hybridized carbons (Fsp3) is 0.923. The van der Waals surface area contributed by atoms with Crippen molar-refractivity contribution in [2.75, 3.05) is 0 Å². The first-order chi connectivity index (χ1) is 21.8. The minimum Gasteiger partial charge on any atom is -0.550 e. The predicted molar refractivity (Wildman–Crippen MR) is 184 cm³/mol. The summed E-state index contributed by atoms with van der Waals surface area (Å²) in [7, 11) is 0. The largest absolute Gasteiger partial charge is 3.00 e. The van der Waals surface area contributed by atoms with Crippen LogP contribution in [0, 0.1) is 41.7 Å². The van der Waals surface area contributed by atoms with Gasteiger partial charge in [-0.2, -0.15) is 0 Å². The van der Waals surface area contributed by atoms with E-state index in [0.29, 0.717) is 0 Å². The van der Waals surface area contributed by atoms with Crippen LogP contribution in [0.2, 0.25) is 0 Å². The van der Waals surface area contributed by atoms with Crippen LogP contribution >= 0.6 is 0 Å². The number of carbonyl (C=O) groups is 3. The van der Waals surface area contributed by atoms with Crippen LogP contribution in [0.25, 0.3) is 0 Å². The van der Waals surface area contributed by atoms with E-state index in [-0.39, 0.29) is 61.0 Å². The predicted octanol–water partition coefficient (Wildman–Crippen LogP) is 9.14. The second kappa shape index (κ2) is 49.2. The molecule has 0 unspecified atom stereocenters. The molecule has 7 heteroatoms. The van der Waals surface area contributed by atoms with E-state index in [2.05, 4.69) is 20.8 Å². The Kier molecular flexibility index (Phi) is 56.2. The normalized spacial score (nSPS) is 10.2. The number of rotatable bonds is 33. The van der Waals surface area contributed by atoms with Crippen LogP contribution in [0.15, 0.2) is 0 Å². The summed E-state index contributed by atoms with van der Waals surface area (Å²) in [6.45, 7) is 6.70. The van der Waals surface area contributed by atoms with E-state index in [4.69, 9.17) is 0 Å². The molecular formula is C39H75CeO6. The molecule has 46 heavy (non-hydrogen) atoms. The Balaban J connectivity index is -0.000000285. The van der Waals surface area contributed by atoms with Crippen molar-refractivity contribution in [3.8, 4) is 0 Å². The molecule has 0 spiro atoms. The third-order valence-corrected chi connectivity index (χ3v) is 8.20. The van der Waals surface area contributed by atoms with Crippen LogP contribution in [0.3, 0.4) is 0 Å². The van der Waals surface area contributed by atoms with Crippen molar-refractivity contribution in [2.24, 2.45) is 0 Å². The number of unbranched alkanes of at least 4 members (excludes halogenated alkanes) is 27. The maximum Gasteiger partial charge on any atom is 3.00 e. The van der Waals surface area contributed by atoms with Crippen LogP contribution < -0.4 is 15.3 Å². The topological polar surface area (TPSA) is 120 Å². The van der Waals surface area contributed by atoms with Gasteiger partial charge in [0.2, 0.25) is 0 Å². The van der Waals surface area contributed by atoms with E-state index >= 15 is 0 Å². The summed E-state index contributed by atoms with van der Waals surface area (Å²) in [6.07, 6.45) is 37.8. The van der Waals surface area contributed by atoms with Crippen molar-refractivity contribution in [2.45, 2.75) is 233 Å². The molecule has 6 nitrogen and oxygen atoms in total. The molecule has 0 N–H and O–H groups in total. The van der Waals surface area contributed by atoms with Crippen molar-refractivity contribution in [1.82, 2.24) is 0 Å². The molecule has 0 aromatic carbocycles. The molecule has 0 fully saturated rings. The van der Waals surface area contributed by atoms with E-state index in [1.165, 1.54) is 154 Å². The average Bonchev–Trinajstić information content (AvgIpc) is 3.00. The Morgan fingerprint density at radius 2 is 0.413 bits per heavy atom. The minimum atomic E-state index is -0.908. The summed E-state index contributed by atoms with van der Waals surface area (Å²) in [5.74, 6) is -2.72. The smallest absolute Gasteiger partial charge is 0.550 e. The number of hydrogen-bond donors (Lipinski definition) is 0. The molecule has 0 aliphatic heterocycles. The Bertz CT molecular complexity index is 518. The molecule has 0 saturated heterocycles. The molecule has 0 heterocycles. The van der Waals surface area contributed by atoms with Crippen molar-refractivity contribution >= 4 is 17.9 Å². The van der Waals surface area contributed by atoms with Crippen molar-refractivity contribution in [1.29, 1.82) is 0 Å². The zero-order chi connectivity index (χ0) is 34.1. The third-order valence-electron chi connectivity index (χ3n) is 8.20. The second-order valence-electron chi connectivity index (χ2n) is 12.9. The van der Waals surface area contributed by atoms with E-state index in [0.717, 1.165) is 38.5 Å². The monoisotopic (exact) mass is 779 g/mol. The summed E-state index contributed by atoms with van der Waals surface area (Å²) >= 11 is 0. The molecule has 0 aromatic rings. The Morgan fingerprint density at radius 1 is 0.283 bits per heavy atom. The van der Waals surface area contributed by atoms with Gasteiger partial charge < -0.3 is 29.7 Å². The number of hydrogen-bond acceptors (Lipinski definition) is 6. The first-order valence-corrected chi connectivity index (χ1v) is 19.4. The van der Waals surface area contributed by atoms with Gasteiger partial charge in [-0.3, -0.25) is 0 Å². The zero-order valence-electron chi connectivity index (χ0n) is 30.8. The molecule has 0 bridgehead atoms.